The van der Waals surface area contributed by atoms with E-state index in [9.17, 15) is 27.2 Å². The molecule has 0 bridgehead atoms. The van der Waals surface area contributed by atoms with Gasteiger partial charge in [-0.3, -0.25) is 9.59 Å². The Morgan fingerprint density at radius 3 is 1.49 bits per heavy atom. The number of nitrogens with zero attached hydrogens (tertiary/aromatic N) is 2. The number of hydrogen-bond acceptors (Lipinski definition) is 6. The highest BCUT2D eigenvalue weighted by Crippen LogP contribution is 2.37. The minimum atomic E-state index is -2.96. The summed E-state index contributed by atoms with van der Waals surface area (Å²) in [5, 5.41) is 5.83. The van der Waals surface area contributed by atoms with Gasteiger partial charge in [0.1, 0.15) is 41.9 Å². The van der Waals surface area contributed by atoms with Gasteiger partial charge in [-0.2, -0.15) is 0 Å². The summed E-state index contributed by atoms with van der Waals surface area (Å²) in [5.41, 5.74) is 0.754. The van der Waals surface area contributed by atoms with E-state index in [-0.39, 0.29) is 24.7 Å². The third kappa shape index (κ3) is 8.77. The van der Waals surface area contributed by atoms with Crippen molar-refractivity contribution in [2.45, 2.75) is 102 Å². The van der Waals surface area contributed by atoms with Crippen LogP contribution in [0, 0.1) is 17.7 Å². The Kier molecular flexibility index (Phi) is 11.0. The molecule has 0 radical (unpaired) electrons. The summed E-state index contributed by atoms with van der Waals surface area (Å²) in [5.74, 6) is -6.63. The van der Waals surface area contributed by atoms with Crippen LogP contribution in [0.1, 0.15) is 91.0 Å². The number of aromatic nitrogens is 4. The van der Waals surface area contributed by atoms with E-state index >= 15 is 4.39 Å². The highest BCUT2D eigenvalue weighted by Gasteiger charge is 2.48. The average Bonchev–Trinajstić information content (AvgIpc) is 3.83. The second-order valence-corrected chi connectivity index (χ2v) is 15.8. The fraction of sp³-hybridized carbons (Fsp3) is 0.500. The summed E-state index contributed by atoms with van der Waals surface area (Å²) in [4.78, 5) is 41.7. The highest BCUT2D eigenvalue weighted by atomic mass is 19.3. The number of alkyl halides is 4. The standard InChI is InChI=1S/C40H47F5N6O4/c1-22(2)31(50-35(52)37(5)13-15-39(42,43)20-54-37)33-46-18-29(48-33)25-9-7-24(8-10-25)27-12-11-26(17-28(27)41)30-19-47-34(49-30)32(23(3)4)51-36(53)38(6)14-16-40(44,45)21-55-38/h7-12,17-19,22-23,31-32H,13-16,20-21H2,1-6H3,(H,46,48)(H,47,49)(H,50,52)(H,51,53). The molecule has 0 spiro atoms. The Hall–Kier alpha value is -4.63. The summed E-state index contributed by atoms with van der Waals surface area (Å²) in [7, 11) is 0. The topological polar surface area (TPSA) is 134 Å². The molecule has 2 aliphatic heterocycles. The molecule has 4 unspecified atom stereocenters. The van der Waals surface area contributed by atoms with Gasteiger partial charge in [-0.25, -0.2) is 31.9 Å². The maximum atomic E-state index is 15.6. The maximum Gasteiger partial charge on any atom is 0.271 e. The number of carbonyl (C=O) groups is 2. The largest absolute Gasteiger partial charge is 0.359 e. The van der Waals surface area contributed by atoms with E-state index in [1.807, 2.05) is 39.8 Å². The van der Waals surface area contributed by atoms with Crippen molar-refractivity contribution in [2.24, 2.45) is 11.8 Å². The monoisotopic (exact) mass is 770 g/mol. The summed E-state index contributed by atoms with van der Waals surface area (Å²) in [6.45, 7) is 9.01. The number of H-pyrrole nitrogens is 2. The highest BCUT2D eigenvalue weighted by molar-refractivity contribution is 5.86. The maximum absolute atomic E-state index is 15.6. The molecule has 296 valence electrons. The van der Waals surface area contributed by atoms with Gasteiger partial charge in [-0.1, -0.05) is 64.1 Å². The minimum Gasteiger partial charge on any atom is -0.359 e. The van der Waals surface area contributed by atoms with Crippen LogP contribution in [0.5, 0.6) is 0 Å². The number of benzene rings is 2. The fourth-order valence-electron chi connectivity index (χ4n) is 6.74. The van der Waals surface area contributed by atoms with E-state index in [1.165, 1.54) is 19.9 Å². The number of amides is 2. The quantitative estimate of drug-likeness (QED) is 0.113. The van der Waals surface area contributed by atoms with Crippen molar-refractivity contribution >= 4 is 11.8 Å². The summed E-state index contributed by atoms with van der Waals surface area (Å²) >= 11 is 0. The Labute approximate surface area is 316 Å². The number of nitrogens with one attached hydrogen (secondary N) is 4. The first-order valence-corrected chi connectivity index (χ1v) is 18.4. The van der Waals surface area contributed by atoms with Crippen molar-refractivity contribution in [3.05, 3.63) is 72.3 Å². The van der Waals surface area contributed by atoms with Crippen LogP contribution in [0.2, 0.25) is 0 Å². The molecule has 4 aromatic rings. The SMILES string of the molecule is CC(C)C(NC(=O)C1(C)CCC(F)(F)CO1)c1ncc(-c2ccc(-c3ccc(-c4cnc(C(NC(=O)C5(C)CCC(F)(F)CO5)C(C)C)[nH]4)cc3F)cc2)[nH]1. The Morgan fingerprint density at radius 2 is 1.09 bits per heavy atom. The number of ether oxygens (including phenoxy) is 2. The molecule has 2 aliphatic rings. The van der Waals surface area contributed by atoms with Crippen molar-refractivity contribution in [3.63, 3.8) is 0 Å². The molecule has 2 amide bonds. The molecule has 2 fully saturated rings. The lowest BCUT2D eigenvalue weighted by atomic mass is 9.92. The van der Waals surface area contributed by atoms with Gasteiger partial charge >= 0.3 is 0 Å². The van der Waals surface area contributed by atoms with E-state index in [4.69, 9.17) is 9.47 Å². The average molecular weight is 771 g/mol. The zero-order valence-electron chi connectivity index (χ0n) is 31.7. The first-order valence-electron chi connectivity index (χ1n) is 18.4. The van der Waals surface area contributed by atoms with Crippen LogP contribution in [-0.2, 0) is 19.1 Å². The Morgan fingerprint density at radius 1 is 0.673 bits per heavy atom. The van der Waals surface area contributed by atoms with Crippen LogP contribution in [0.15, 0.2) is 54.9 Å². The number of imidazole rings is 2. The van der Waals surface area contributed by atoms with E-state index in [0.29, 0.717) is 39.7 Å². The summed E-state index contributed by atoms with van der Waals surface area (Å²) in [6.07, 6.45) is 2.09. The van der Waals surface area contributed by atoms with Crippen molar-refractivity contribution in [2.75, 3.05) is 13.2 Å². The molecular formula is C40H47F5N6O4. The van der Waals surface area contributed by atoms with Crippen LogP contribution in [0.3, 0.4) is 0 Å². The molecule has 4 N–H and O–H groups in total. The Balaban J connectivity index is 1.12. The van der Waals surface area contributed by atoms with Crippen molar-refractivity contribution in [3.8, 4) is 33.6 Å². The smallest absolute Gasteiger partial charge is 0.271 e. The first-order chi connectivity index (χ1) is 25.8. The van der Waals surface area contributed by atoms with Crippen LogP contribution >= 0.6 is 0 Å². The van der Waals surface area contributed by atoms with Gasteiger partial charge in [0.05, 0.1) is 35.9 Å². The molecule has 4 heterocycles. The molecule has 2 aromatic heterocycles. The lowest BCUT2D eigenvalue weighted by molar-refractivity contribution is -0.190. The van der Waals surface area contributed by atoms with Crippen LogP contribution in [0.25, 0.3) is 33.6 Å². The van der Waals surface area contributed by atoms with Gasteiger partial charge in [0.2, 0.25) is 0 Å². The lowest BCUT2D eigenvalue weighted by Crippen LogP contribution is -2.53. The zero-order valence-corrected chi connectivity index (χ0v) is 31.7. The minimum absolute atomic E-state index is 0.0822. The molecule has 0 saturated carbocycles. The molecule has 55 heavy (non-hydrogen) atoms. The van der Waals surface area contributed by atoms with E-state index < -0.39 is 78.8 Å². The van der Waals surface area contributed by atoms with Gasteiger partial charge in [0.25, 0.3) is 23.7 Å². The number of carbonyl (C=O) groups excluding carboxylic acids is 2. The molecule has 4 atom stereocenters. The summed E-state index contributed by atoms with van der Waals surface area (Å²) < 4.78 is 80.9. The molecule has 2 aromatic carbocycles. The number of hydrogen-bond donors (Lipinski definition) is 4. The zero-order chi connectivity index (χ0) is 39.9. The van der Waals surface area contributed by atoms with Gasteiger partial charge in [0, 0.05) is 24.0 Å². The third-order valence-electron chi connectivity index (χ3n) is 10.6. The molecular weight excluding hydrogens is 723 g/mol. The van der Waals surface area contributed by atoms with Gasteiger partial charge in [0.15, 0.2) is 0 Å². The van der Waals surface area contributed by atoms with Crippen LogP contribution in [0.4, 0.5) is 22.0 Å². The second kappa shape index (κ2) is 15.1. The number of halogens is 5. The van der Waals surface area contributed by atoms with Crippen molar-refractivity contribution < 1.29 is 41.0 Å². The number of aromatic amines is 2. The molecule has 2 saturated heterocycles. The van der Waals surface area contributed by atoms with Crippen LogP contribution in [-0.4, -0.2) is 68.0 Å². The van der Waals surface area contributed by atoms with Gasteiger partial charge in [-0.05, 0) is 55.7 Å². The second-order valence-electron chi connectivity index (χ2n) is 15.8. The predicted octanol–water partition coefficient (Wildman–Crippen LogP) is 8.31. The predicted molar refractivity (Wildman–Crippen MR) is 196 cm³/mol. The van der Waals surface area contributed by atoms with E-state index in [0.717, 1.165) is 5.56 Å². The Bertz CT molecular complexity index is 1990. The molecule has 0 aliphatic carbocycles. The number of rotatable bonds is 11. The van der Waals surface area contributed by atoms with Crippen molar-refractivity contribution in [1.82, 2.24) is 30.6 Å². The van der Waals surface area contributed by atoms with Crippen LogP contribution < -0.4 is 10.6 Å². The fourth-order valence-corrected chi connectivity index (χ4v) is 6.74. The lowest BCUT2D eigenvalue weighted by Gasteiger charge is -2.37. The normalized spacial score (nSPS) is 23.4. The third-order valence-corrected chi connectivity index (χ3v) is 10.6. The van der Waals surface area contributed by atoms with Crippen molar-refractivity contribution in [1.29, 1.82) is 0 Å². The first kappa shape index (κ1) is 40.0. The molecule has 10 nitrogen and oxygen atoms in total. The van der Waals surface area contributed by atoms with Gasteiger partial charge in [-0.15, -0.1) is 0 Å². The van der Waals surface area contributed by atoms with Gasteiger partial charge < -0.3 is 30.1 Å². The van der Waals surface area contributed by atoms with E-state index in [2.05, 4.69) is 30.6 Å². The molecule has 15 heteroatoms. The van der Waals surface area contributed by atoms with E-state index in [1.54, 1.807) is 36.7 Å². The summed E-state index contributed by atoms with van der Waals surface area (Å²) in [6, 6.07) is 10.9. The molecule has 6 rings (SSSR count).